The van der Waals surface area contributed by atoms with Gasteiger partial charge in [0.2, 0.25) is 0 Å². The van der Waals surface area contributed by atoms with Crippen LogP contribution < -0.4 is 11.1 Å². The van der Waals surface area contributed by atoms with E-state index in [1.807, 2.05) is 0 Å². The molecule has 0 aromatic rings. The highest BCUT2D eigenvalue weighted by atomic mass is 16.4. The van der Waals surface area contributed by atoms with Gasteiger partial charge in [0.15, 0.2) is 5.84 Å². The van der Waals surface area contributed by atoms with Gasteiger partial charge in [-0.05, 0) is 18.9 Å². The van der Waals surface area contributed by atoms with Gasteiger partial charge in [-0.3, -0.25) is 0 Å². The third-order valence-electron chi connectivity index (χ3n) is 2.64. The van der Waals surface area contributed by atoms with Crippen molar-refractivity contribution >= 4 is 5.84 Å². The first-order valence-electron chi connectivity index (χ1n) is 5.00. The normalized spacial score (nSPS) is 19.5. The van der Waals surface area contributed by atoms with Gasteiger partial charge in [0.25, 0.3) is 0 Å². The van der Waals surface area contributed by atoms with E-state index in [2.05, 4.69) is 10.5 Å². The Balaban J connectivity index is 1.94. The van der Waals surface area contributed by atoms with Gasteiger partial charge < -0.3 is 16.3 Å². The molecular formula is C9H19N3O. The number of hydrogen-bond acceptors (Lipinski definition) is 3. The molecule has 0 aromatic carbocycles. The van der Waals surface area contributed by atoms with Crippen LogP contribution in [0.5, 0.6) is 0 Å². The maximum Gasteiger partial charge on any atom is 0.153 e. The molecule has 0 bridgehead atoms. The molecule has 0 unspecified atom stereocenters. The van der Waals surface area contributed by atoms with Crippen molar-refractivity contribution in [1.82, 2.24) is 5.32 Å². The first-order valence-corrected chi connectivity index (χ1v) is 5.00. The molecule has 1 fully saturated rings. The van der Waals surface area contributed by atoms with Crippen LogP contribution in [0.2, 0.25) is 0 Å². The topological polar surface area (TPSA) is 70.6 Å². The van der Waals surface area contributed by atoms with Crippen molar-refractivity contribution in [2.75, 3.05) is 13.1 Å². The summed E-state index contributed by atoms with van der Waals surface area (Å²) < 4.78 is 0. The van der Waals surface area contributed by atoms with Crippen molar-refractivity contribution in [1.29, 1.82) is 0 Å². The summed E-state index contributed by atoms with van der Waals surface area (Å²) in [4.78, 5) is 0. The molecule has 1 aliphatic rings. The number of amidine groups is 1. The maximum absolute atomic E-state index is 8.27. The third-order valence-corrected chi connectivity index (χ3v) is 2.64. The van der Waals surface area contributed by atoms with Crippen LogP contribution in [0.1, 0.15) is 32.1 Å². The Hall–Kier alpha value is -0.770. The lowest BCUT2D eigenvalue weighted by Gasteiger charge is -2.08. The Kier molecular flexibility index (Phi) is 4.60. The predicted octanol–water partition coefficient (Wildman–Crippen LogP) is 0.903. The average Bonchev–Trinajstić information content (AvgIpc) is 2.64. The lowest BCUT2D eigenvalue weighted by Crippen LogP contribution is -2.30. The molecule has 13 heavy (non-hydrogen) atoms. The van der Waals surface area contributed by atoms with Crippen molar-refractivity contribution in [2.24, 2.45) is 16.8 Å². The summed E-state index contributed by atoms with van der Waals surface area (Å²) >= 11 is 0. The minimum absolute atomic E-state index is 0.256. The molecular weight excluding hydrogens is 166 g/mol. The first kappa shape index (κ1) is 10.3. The van der Waals surface area contributed by atoms with Gasteiger partial charge in [0.1, 0.15) is 0 Å². The first-order chi connectivity index (χ1) is 6.33. The van der Waals surface area contributed by atoms with E-state index in [0.717, 1.165) is 12.5 Å². The summed E-state index contributed by atoms with van der Waals surface area (Å²) in [6.45, 7) is 1.46. The highest BCUT2D eigenvalue weighted by Gasteiger charge is 2.13. The second kappa shape index (κ2) is 5.80. The van der Waals surface area contributed by atoms with Crippen LogP contribution in [0.15, 0.2) is 5.16 Å². The van der Waals surface area contributed by atoms with E-state index in [4.69, 9.17) is 10.9 Å². The Labute approximate surface area is 79.2 Å². The molecule has 0 radical (unpaired) electrons. The standard InChI is InChI=1S/C9H19N3O/c10-9(12-13)7-11-6-5-8-3-1-2-4-8/h8,11,13H,1-7H2,(H2,10,12). The summed E-state index contributed by atoms with van der Waals surface area (Å²) in [6.07, 6.45) is 6.77. The van der Waals surface area contributed by atoms with E-state index >= 15 is 0 Å². The molecule has 1 saturated carbocycles. The molecule has 0 atom stereocenters. The zero-order valence-corrected chi connectivity index (χ0v) is 8.00. The smallest absolute Gasteiger partial charge is 0.153 e. The summed E-state index contributed by atoms with van der Waals surface area (Å²) in [6, 6.07) is 0. The summed E-state index contributed by atoms with van der Waals surface area (Å²) in [5.74, 6) is 1.16. The van der Waals surface area contributed by atoms with Gasteiger partial charge in [-0.1, -0.05) is 30.8 Å². The quantitative estimate of drug-likeness (QED) is 0.196. The molecule has 0 aromatic heterocycles. The number of nitrogens with zero attached hydrogens (tertiary/aromatic N) is 1. The van der Waals surface area contributed by atoms with E-state index < -0.39 is 0 Å². The Morgan fingerprint density at radius 2 is 2.15 bits per heavy atom. The van der Waals surface area contributed by atoms with Crippen LogP contribution in [0.25, 0.3) is 0 Å². The lowest BCUT2D eigenvalue weighted by atomic mass is 10.0. The van der Waals surface area contributed by atoms with Crippen LogP contribution in [-0.2, 0) is 0 Å². The number of nitrogens with two attached hydrogens (primary N) is 1. The van der Waals surface area contributed by atoms with E-state index in [-0.39, 0.29) is 5.84 Å². The van der Waals surface area contributed by atoms with Crippen molar-refractivity contribution in [3.8, 4) is 0 Å². The number of nitrogens with one attached hydrogen (secondary N) is 1. The SMILES string of the molecule is NC(CNCCC1CCCC1)=NO. The summed E-state index contributed by atoms with van der Waals surface area (Å²) in [7, 11) is 0. The van der Waals surface area contributed by atoms with Gasteiger partial charge in [-0.25, -0.2) is 0 Å². The fraction of sp³-hybridized carbons (Fsp3) is 0.889. The second-order valence-corrected chi connectivity index (χ2v) is 3.71. The zero-order chi connectivity index (χ0) is 9.52. The third kappa shape index (κ3) is 4.12. The number of hydrogen-bond donors (Lipinski definition) is 3. The van der Waals surface area contributed by atoms with Crippen molar-refractivity contribution in [2.45, 2.75) is 32.1 Å². The second-order valence-electron chi connectivity index (χ2n) is 3.71. The largest absolute Gasteiger partial charge is 0.409 e. The van der Waals surface area contributed by atoms with E-state index in [9.17, 15) is 0 Å². The molecule has 0 aliphatic heterocycles. The molecule has 1 aliphatic carbocycles. The fourth-order valence-corrected chi connectivity index (χ4v) is 1.86. The van der Waals surface area contributed by atoms with Crippen LogP contribution in [0.4, 0.5) is 0 Å². The molecule has 1 rings (SSSR count). The molecule has 4 nitrogen and oxygen atoms in total. The minimum atomic E-state index is 0.256. The monoisotopic (exact) mass is 185 g/mol. The predicted molar refractivity (Wildman–Crippen MR) is 52.9 cm³/mol. The molecule has 0 spiro atoms. The van der Waals surface area contributed by atoms with Crippen LogP contribution in [0, 0.1) is 5.92 Å². The summed E-state index contributed by atoms with van der Waals surface area (Å²) in [5.41, 5.74) is 5.30. The Bertz CT molecular complexity index is 164. The Morgan fingerprint density at radius 3 is 2.77 bits per heavy atom. The van der Waals surface area contributed by atoms with Crippen molar-refractivity contribution < 1.29 is 5.21 Å². The molecule has 76 valence electrons. The highest BCUT2D eigenvalue weighted by Crippen LogP contribution is 2.26. The van der Waals surface area contributed by atoms with E-state index in [1.54, 1.807) is 0 Å². The Morgan fingerprint density at radius 1 is 1.46 bits per heavy atom. The van der Waals surface area contributed by atoms with Gasteiger partial charge in [-0.15, -0.1) is 0 Å². The lowest BCUT2D eigenvalue weighted by molar-refractivity contribution is 0.317. The van der Waals surface area contributed by atoms with Gasteiger partial charge >= 0.3 is 0 Å². The van der Waals surface area contributed by atoms with Gasteiger partial charge in [-0.2, -0.15) is 0 Å². The molecule has 0 heterocycles. The van der Waals surface area contributed by atoms with E-state index in [0.29, 0.717) is 6.54 Å². The zero-order valence-electron chi connectivity index (χ0n) is 8.00. The van der Waals surface area contributed by atoms with Crippen LogP contribution in [0.3, 0.4) is 0 Å². The summed E-state index contributed by atoms with van der Waals surface area (Å²) in [5, 5.41) is 14.3. The van der Waals surface area contributed by atoms with E-state index in [1.165, 1.54) is 32.1 Å². The average molecular weight is 185 g/mol. The highest BCUT2D eigenvalue weighted by molar-refractivity contribution is 5.81. The van der Waals surface area contributed by atoms with Crippen molar-refractivity contribution in [3.63, 3.8) is 0 Å². The van der Waals surface area contributed by atoms with Gasteiger partial charge in [0, 0.05) is 0 Å². The molecule has 4 heteroatoms. The maximum atomic E-state index is 8.27. The van der Waals surface area contributed by atoms with Crippen molar-refractivity contribution in [3.05, 3.63) is 0 Å². The van der Waals surface area contributed by atoms with Gasteiger partial charge in [0.05, 0.1) is 6.54 Å². The molecule has 4 N–H and O–H groups in total. The number of oxime groups is 1. The minimum Gasteiger partial charge on any atom is -0.409 e. The van der Waals surface area contributed by atoms with Crippen LogP contribution >= 0.6 is 0 Å². The number of rotatable bonds is 5. The van der Waals surface area contributed by atoms with Crippen LogP contribution in [-0.4, -0.2) is 24.1 Å². The fourth-order valence-electron chi connectivity index (χ4n) is 1.86. The molecule has 0 saturated heterocycles. The molecule has 0 amide bonds.